The fourth-order valence-electron chi connectivity index (χ4n) is 2.17. The zero-order valence-electron chi connectivity index (χ0n) is 15.0. The SMILES string of the molecule is CC=CCOP(=O)(OCCCCCCCCC)Oc1ccccc1. The Hall–Kier alpha value is -1.09. The Morgan fingerprint density at radius 1 is 0.958 bits per heavy atom. The Labute approximate surface area is 146 Å². The van der Waals surface area contributed by atoms with Crippen LogP contribution in [0.2, 0.25) is 0 Å². The standard InChI is InChI=1S/C19H31O4P/c1-3-5-7-8-9-10-14-18-22-24(20,21-17-6-4-2)23-19-15-12-11-13-16-19/h4,6,11-13,15-16H,3,5,7-10,14,17-18H2,1-2H3. The molecule has 0 bridgehead atoms. The minimum absolute atomic E-state index is 0.206. The minimum atomic E-state index is -3.59. The van der Waals surface area contributed by atoms with Gasteiger partial charge in [-0.25, -0.2) is 4.57 Å². The number of hydrogen-bond acceptors (Lipinski definition) is 4. The van der Waals surface area contributed by atoms with Crippen LogP contribution >= 0.6 is 7.82 Å². The average Bonchev–Trinajstić information content (AvgIpc) is 2.58. The largest absolute Gasteiger partial charge is 0.530 e. The fraction of sp³-hybridized carbons (Fsp3) is 0.579. The van der Waals surface area contributed by atoms with E-state index in [2.05, 4.69) is 6.92 Å². The van der Waals surface area contributed by atoms with E-state index in [4.69, 9.17) is 13.6 Å². The van der Waals surface area contributed by atoms with Crippen molar-refractivity contribution in [3.05, 3.63) is 42.5 Å². The van der Waals surface area contributed by atoms with Crippen LogP contribution in [0.3, 0.4) is 0 Å². The number of phosphoric ester groups is 1. The summed E-state index contributed by atoms with van der Waals surface area (Å²) >= 11 is 0. The molecule has 0 aliphatic heterocycles. The quantitative estimate of drug-likeness (QED) is 0.216. The van der Waals surface area contributed by atoms with E-state index in [1.165, 1.54) is 32.1 Å². The van der Waals surface area contributed by atoms with Gasteiger partial charge in [0.05, 0.1) is 13.2 Å². The lowest BCUT2D eigenvalue weighted by Gasteiger charge is -2.18. The molecule has 0 heterocycles. The molecule has 5 heteroatoms. The van der Waals surface area contributed by atoms with Gasteiger partial charge in [0.2, 0.25) is 0 Å². The van der Waals surface area contributed by atoms with E-state index in [9.17, 15) is 4.57 Å². The van der Waals surface area contributed by atoms with Crippen LogP contribution < -0.4 is 4.52 Å². The van der Waals surface area contributed by atoms with E-state index in [0.717, 1.165) is 12.8 Å². The molecule has 0 aliphatic rings. The van der Waals surface area contributed by atoms with Crippen molar-refractivity contribution in [3.63, 3.8) is 0 Å². The summed E-state index contributed by atoms with van der Waals surface area (Å²) in [5, 5.41) is 0. The first-order valence-corrected chi connectivity index (χ1v) is 10.4. The van der Waals surface area contributed by atoms with Crippen LogP contribution in [0, 0.1) is 0 Å². The van der Waals surface area contributed by atoms with Crippen molar-refractivity contribution in [3.8, 4) is 5.75 Å². The average molecular weight is 354 g/mol. The first-order chi connectivity index (χ1) is 11.7. The molecule has 0 aromatic heterocycles. The third kappa shape index (κ3) is 9.92. The van der Waals surface area contributed by atoms with E-state index in [0.29, 0.717) is 12.4 Å². The maximum atomic E-state index is 12.7. The van der Waals surface area contributed by atoms with Crippen LogP contribution in [-0.2, 0) is 13.6 Å². The first-order valence-electron chi connectivity index (χ1n) is 8.95. The fourth-order valence-corrected chi connectivity index (χ4v) is 3.35. The summed E-state index contributed by atoms with van der Waals surface area (Å²) in [7, 11) is -3.59. The molecule has 136 valence electrons. The van der Waals surface area contributed by atoms with E-state index in [1.54, 1.807) is 18.2 Å². The van der Waals surface area contributed by atoms with E-state index < -0.39 is 7.82 Å². The molecule has 1 atom stereocenters. The topological polar surface area (TPSA) is 44.8 Å². The van der Waals surface area contributed by atoms with Crippen LogP contribution in [-0.4, -0.2) is 13.2 Å². The van der Waals surface area contributed by atoms with Gasteiger partial charge in [-0.15, -0.1) is 0 Å². The van der Waals surface area contributed by atoms with E-state index in [1.807, 2.05) is 31.2 Å². The van der Waals surface area contributed by atoms with Crippen LogP contribution in [0.1, 0.15) is 58.8 Å². The Balaban J connectivity index is 2.37. The predicted molar refractivity (Wildman–Crippen MR) is 99.4 cm³/mol. The van der Waals surface area contributed by atoms with Crippen molar-refractivity contribution in [1.82, 2.24) is 0 Å². The lowest BCUT2D eigenvalue weighted by molar-refractivity contribution is 0.164. The Bertz CT molecular complexity index is 487. The zero-order valence-corrected chi connectivity index (χ0v) is 15.9. The van der Waals surface area contributed by atoms with Gasteiger partial charge in [-0.1, -0.05) is 75.8 Å². The lowest BCUT2D eigenvalue weighted by Crippen LogP contribution is -2.04. The van der Waals surface area contributed by atoms with Crippen molar-refractivity contribution < 1.29 is 18.1 Å². The molecule has 0 amide bonds. The maximum absolute atomic E-state index is 12.7. The van der Waals surface area contributed by atoms with Crippen molar-refractivity contribution >= 4 is 7.82 Å². The van der Waals surface area contributed by atoms with Gasteiger partial charge in [-0.3, -0.25) is 9.05 Å². The second-order valence-corrected chi connectivity index (χ2v) is 7.26. The highest BCUT2D eigenvalue weighted by atomic mass is 31.2. The van der Waals surface area contributed by atoms with Crippen LogP contribution in [0.4, 0.5) is 0 Å². The molecule has 1 aromatic rings. The summed E-state index contributed by atoms with van der Waals surface area (Å²) in [6.45, 7) is 4.68. The highest BCUT2D eigenvalue weighted by molar-refractivity contribution is 7.48. The van der Waals surface area contributed by atoms with Crippen molar-refractivity contribution in [1.29, 1.82) is 0 Å². The molecule has 1 rings (SSSR count). The van der Waals surface area contributed by atoms with Crippen molar-refractivity contribution in [2.24, 2.45) is 0 Å². The molecular formula is C19H31O4P. The third-order valence-electron chi connectivity index (χ3n) is 3.52. The van der Waals surface area contributed by atoms with E-state index >= 15 is 0 Å². The molecule has 4 nitrogen and oxygen atoms in total. The second-order valence-electron chi connectivity index (χ2n) is 5.67. The Morgan fingerprint density at radius 3 is 2.29 bits per heavy atom. The van der Waals surface area contributed by atoms with Gasteiger partial charge in [0.15, 0.2) is 0 Å². The van der Waals surface area contributed by atoms with Gasteiger partial charge in [0.1, 0.15) is 5.75 Å². The number of para-hydroxylation sites is 1. The normalized spacial score (nSPS) is 13.9. The summed E-state index contributed by atoms with van der Waals surface area (Å²) in [5.41, 5.74) is 0. The highest BCUT2D eigenvalue weighted by Crippen LogP contribution is 2.49. The monoisotopic (exact) mass is 354 g/mol. The predicted octanol–water partition coefficient (Wildman–Crippen LogP) is 6.53. The molecule has 0 saturated carbocycles. The molecular weight excluding hydrogens is 323 g/mol. The molecule has 0 fully saturated rings. The summed E-state index contributed by atoms with van der Waals surface area (Å²) in [5.74, 6) is 0.487. The van der Waals surface area contributed by atoms with Gasteiger partial charge < -0.3 is 4.52 Å². The summed E-state index contributed by atoms with van der Waals surface area (Å²) in [4.78, 5) is 0. The number of allylic oxidation sites excluding steroid dienone is 1. The van der Waals surface area contributed by atoms with Gasteiger partial charge in [0.25, 0.3) is 0 Å². The number of rotatable bonds is 14. The lowest BCUT2D eigenvalue weighted by atomic mass is 10.1. The summed E-state index contributed by atoms with van der Waals surface area (Å²) in [6, 6.07) is 8.99. The van der Waals surface area contributed by atoms with Gasteiger partial charge in [-0.05, 0) is 25.5 Å². The number of unbranched alkanes of at least 4 members (excludes halogenated alkanes) is 6. The molecule has 1 unspecified atom stereocenters. The third-order valence-corrected chi connectivity index (χ3v) is 4.92. The molecule has 0 aliphatic carbocycles. The van der Waals surface area contributed by atoms with Crippen LogP contribution in [0.25, 0.3) is 0 Å². The van der Waals surface area contributed by atoms with Crippen molar-refractivity contribution in [2.75, 3.05) is 13.2 Å². The molecule has 0 saturated heterocycles. The minimum Gasteiger partial charge on any atom is -0.404 e. The maximum Gasteiger partial charge on any atom is 0.530 e. The molecule has 0 radical (unpaired) electrons. The number of hydrogen-bond donors (Lipinski definition) is 0. The Kier molecular flexibility index (Phi) is 11.5. The second kappa shape index (κ2) is 13.2. The molecule has 0 N–H and O–H groups in total. The number of benzene rings is 1. The summed E-state index contributed by atoms with van der Waals surface area (Å²) in [6.07, 6.45) is 11.8. The van der Waals surface area contributed by atoms with Gasteiger partial charge in [-0.2, -0.15) is 0 Å². The van der Waals surface area contributed by atoms with Crippen LogP contribution in [0.5, 0.6) is 5.75 Å². The molecule has 1 aromatic carbocycles. The highest BCUT2D eigenvalue weighted by Gasteiger charge is 2.27. The van der Waals surface area contributed by atoms with Gasteiger partial charge in [0, 0.05) is 0 Å². The van der Waals surface area contributed by atoms with E-state index in [-0.39, 0.29) is 6.61 Å². The van der Waals surface area contributed by atoms with Gasteiger partial charge >= 0.3 is 7.82 Å². The zero-order chi connectivity index (χ0) is 17.5. The molecule has 0 spiro atoms. The first kappa shape index (κ1) is 21.0. The van der Waals surface area contributed by atoms with Crippen LogP contribution in [0.15, 0.2) is 42.5 Å². The number of phosphoric acid groups is 1. The van der Waals surface area contributed by atoms with Crippen molar-refractivity contribution in [2.45, 2.75) is 58.8 Å². The molecule has 24 heavy (non-hydrogen) atoms. The Morgan fingerprint density at radius 2 is 1.62 bits per heavy atom. The smallest absolute Gasteiger partial charge is 0.404 e. The summed E-state index contributed by atoms with van der Waals surface area (Å²) < 4.78 is 29.1.